The van der Waals surface area contributed by atoms with Crippen molar-refractivity contribution >= 4 is 22.8 Å². The summed E-state index contributed by atoms with van der Waals surface area (Å²) in [6, 6.07) is 32.3. The van der Waals surface area contributed by atoms with Crippen molar-refractivity contribution < 1.29 is 51.2 Å². The molecule has 0 radical (unpaired) electrons. The Morgan fingerprint density at radius 1 is 0.493 bits per heavy atom. The molecule has 372 valence electrons. The highest BCUT2D eigenvalue weighted by atomic mass is 32.2. The molecule has 8 fully saturated rings. The monoisotopic (exact) mass is 986 g/mol. The van der Waals surface area contributed by atoms with Gasteiger partial charge in [0.25, 0.3) is 0 Å². The van der Waals surface area contributed by atoms with Gasteiger partial charge in [-0.3, -0.25) is 0 Å². The fourth-order valence-corrected chi connectivity index (χ4v) is 16.9. The molecule has 8 saturated carbocycles. The van der Waals surface area contributed by atoms with Crippen LogP contribution in [-0.4, -0.2) is 36.4 Å². The predicted octanol–water partition coefficient (Wildman–Crippen LogP) is 13.6. The van der Waals surface area contributed by atoms with Gasteiger partial charge in [-0.1, -0.05) is 24.3 Å². The van der Waals surface area contributed by atoms with Gasteiger partial charge < -0.3 is 28.4 Å². The summed E-state index contributed by atoms with van der Waals surface area (Å²) >= 11 is 0. The number of alkyl halides is 3. The highest BCUT2D eigenvalue weighted by Crippen LogP contribution is 2.64. The first-order valence-electron chi connectivity index (χ1n) is 25.6. The second-order valence-electron chi connectivity index (χ2n) is 22.1. The Balaban J connectivity index is 0.684. The molecule has 0 spiro atoms. The van der Waals surface area contributed by atoms with Crippen LogP contribution in [0.3, 0.4) is 0 Å². The molecule has 1 aliphatic heterocycles. The minimum Gasteiger partial charge on any atom is -0.489 e. The zero-order valence-electron chi connectivity index (χ0n) is 40.3. The Kier molecular flexibility index (Phi) is 11.9. The summed E-state index contributed by atoms with van der Waals surface area (Å²) in [4.78, 5) is 28.9. The van der Waals surface area contributed by atoms with Gasteiger partial charge in [0.05, 0.1) is 5.56 Å². The van der Waals surface area contributed by atoms with E-state index < -0.39 is 33.8 Å². The Morgan fingerprint density at radius 2 is 0.859 bits per heavy atom. The SMILES string of the molecule is CC1(OC(=O)COc2ccc(COc3ccc4c(c3)-c3cc(OCc5ccc(OCC(=O)OC6(C)C7CC8CC(C7)CC6C8)cc5)ccc3[SH]4c3ccc(C(F)(F)F)cc3)cc2)C2CC3CC(C2)CC1C3. The molecule has 8 nitrogen and oxygen atoms in total. The zero-order chi connectivity index (χ0) is 48.6. The van der Waals surface area contributed by atoms with E-state index in [2.05, 4.69) is 13.8 Å². The Morgan fingerprint density at radius 3 is 1.23 bits per heavy atom. The number of hydrogen-bond donors (Lipinski definition) is 1. The van der Waals surface area contributed by atoms with Crippen LogP contribution in [0, 0.1) is 47.3 Å². The van der Waals surface area contributed by atoms with Gasteiger partial charge in [-0.2, -0.15) is 24.1 Å². The van der Waals surface area contributed by atoms with Crippen LogP contribution >= 0.6 is 10.9 Å². The highest BCUT2D eigenvalue weighted by Gasteiger charge is 2.58. The molecule has 8 bridgehead atoms. The molecule has 0 atom stereocenters. The summed E-state index contributed by atoms with van der Waals surface area (Å²) in [6.07, 6.45) is 7.57. The van der Waals surface area contributed by atoms with Crippen molar-refractivity contribution in [2.24, 2.45) is 47.3 Å². The summed E-state index contributed by atoms with van der Waals surface area (Å²) in [6.45, 7) is 4.56. The third kappa shape index (κ3) is 9.05. The maximum absolute atomic E-state index is 13.6. The maximum atomic E-state index is 13.6. The molecule has 9 aliphatic rings. The van der Waals surface area contributed by atoms with Gasteiger partial charge in [0.1, 0.15) is 47.4 Å². The second-order valence-corrected chi connectivity index (χ2v) is 24.3. The predicted molar refractivity (Wildman–Crippen MR) is 263 cm³/mol. The van der Waals surface area contributed by atoms with E-state index in [4.69, 9.17) is 28.4 Å². The molecule has 14 rings (SSSR count). The van der Waals surface area contributed by atoms with Crippen molar-refractivity contribution in [1.82, 2.24) is 0 Å². The topological polar surface area (TPSA) is 89.5 Å². The molecule has 12 heteroatoms. The smallest absolute Gasteiger partial charge is 0.416 e. The quantitative estimate of drug-likeness (QED) is 0.0804. The lowest BCUT2D eigenvalue weighted by Gasteiger charge is -2.59. The van der Waals surface area contributed by atoms with Crippen molar-refractivity contribution in [2.45, 2.75) is 123 Å². The van der Waals surface area contributed by atoms with Crippen molar-refractivity contribution in [3.8, 4) is 34.1 Å². The number of rotatable bonds is 15. The Hall–Kier alpha value is -5.62. The number of halogens is 3. The van der Waals surface area contributed by atoms with E-state index in [1.807, 2.05) is 84.9 Å². The van der Waals surface area contributed by atoms with Gasteiger partial charge in [-0.15, -0.1) is 0 Å². The minimum atomic E-state index is -4.43. The van der Waals surface area contributed by atoms with Gasteiger partial charge in [-0.05, 0) is 237 Å². The molecule has 0 aromatic heterocycles. The first kappa shape index (κ1) is 46.5. The van der Waals surface area contributed by atoms with Crippen LogP contribution in [0.15, 0.2) is 124 Å². The number of ether oxygens (including phenoxy) is 6. The van der Waals surface area contributed by atoms with Crippen LogP contribution in [0.4, 0.5) is 13.2 Å². The molecular weight excluding hydrogens is 926 g/mol. The molecule has 0 saturated heterocycles. The zero-order valence-corrected chi connectivity index (χ0v) is 41.2. The molecule has 0 unspecified atom stereocenters. The number of fused-ring (bicyclic) bond motifs is 3. The highest BCUT2D eigenvalue weighted by molar-refractivity contribution is 8.17. The lowest BCUT2D eigenvalue weighted by Crippen LogP contribution is -2.58. The van der Waals surface area contributed by atoms with E-state index in [-0.39, 0.29) is 38.4 Å². The summed E-state index contributed by atoms with van der Waals surface area (Å²) in [5.41, 5.74) is 2.22. The van der Waals surface area contributed by atoms with Gasteiger partial charge in [0.15, 0.2) is 13.2 Å². The summed E-state index contributed by atoms with van der Waals surface area (Å²) in [5.74, 6) is 6.76. The third-order valence-electron chi connectivity index (χ3n) is 17.7. The molecule has 71 heavy (non-hydrogen) atoms. The largest absolute Gasteiger partial charge is 0.489 e. The molecule has 5 aromatic carbocycles. The van der Waals surface area contributed by atoms with E-state index in [0.29, 0.717) is 46.7 Å². The fourth-order valence-electron chi connectivity index (χ4n) is 14.3. The fraction of sp³-hybridized carbons (Fsp3) is 0.458. The third-order valence-corrected chi connectivity index (χ3v) is 20.3. The van der Waals surface area contributed by atoms with Gasteiger partial charge >= 0.3 is 18.1 Å². The minimum absolute atomic E-state index is 0.139. The van der Waals surface area contributed by atoms with E-state index in [0.717, 1.165) is 124 Å². The normalized spacial score (nSPS) is 30.9. The van der Waals surface area contributed by atoms with Crippen LogP contribution in [0.2, 0.25) is 0 Å². The molecule has 8 aliphatic carbocycles. The number of thiol groups is 1. The lowest BCUT2D eigenvalue weighted by molar-refractivity contribution is -0.205. The van der Waals surface area contributed by atoms with E-state index in [1.54, 1.807) is 12.1 Å². The first-order chi connectivity index (χ1) is 34.2. The number of carbonyl (C=O) groups is 2. The number of carbonyl (C=O) groups excluding carboxylic acids is 2. The number of hydrogen-bond acceptors (Lipinski definition) is 8. The van der Waals surface area contributed by atoms with Crippen molar-refractivity contribution in [1.29, 1.82) is 0 Å². The Labute approximate surface area is 416 Å². The van der Waals surface area contributed by atoms with Gasteiger partial charge in [-0.25, -0.2) is 9.59 Å². The second kappa shape index (κ2) is 18.1. The van der Waals surface area contributed by atoms with Gasteiger partial charge in [0, 0.05) is 9.79 Å². The van der Waals surface area contributed by atoms with Crippen molar-refractivity contribution in [3.63, 3.8) is 0 Å². The standard InChI is InChI=1S/C59H61F3O8S/c1-57(42-21-37-19-38(23-42)24-43(57)22-37)69-55(63)33-67-46-9-3-35(4-10-46)31-65-48-13-17-53-51(29-48)52-30-49(14-18-54(52)71(53)50-15-7-41(8-16-50)59(60,61)62)66-32-36-5-11-47(12-6-36)68-34-56(64)70-58(2)44-25-39-20-40(27-44)28-45(58)26-39/h3-18,29-30,37-40,42-45,71H,19-28,31-34H2,1-2H3. The van der Waals surface area contributed by atoms with Crippen LogP contribution < -0.4 is 18.9 Å². The number of esters is 2. The number of benzene rings is 5. The average molecular weight is 987 g/mol. The van der Waals surface area contributed by atoms with Crippen LogP contribution in [0.5, 0.6) is 23.0 Å². The molecule has 5 aromatic rings. The van der Waals surface area contributed by atoms with Crippen LogP contribution in [-0.2, 0) is 38.5 Å². The van der Waals surface area contributed by atoms with Crippen LogP contribution in [0.25, 0.3) is 11.1 Å². The molecule has 0 N–H and O–H groups in total. The lowest BCUT2D eigenvalue weighted by atomic mass is 9.50. The van der Waals surface area contributed by atoms with E-state index in [1.165, 1.54) is 12.8 Å². The summed E-state index contributed by atoms with van der Waals surface area (Å²) in [7, 11) is -1.17. The van der Waals surface area contributed by atoms with E-state index in [9.17, 15) is 22.8 Å². The van der Waals surface area contributed by atoms with Crippen molar-refractivity contribution in [3.05, 3.63) is 126 Å². The maximum Gasteiger partial charge on any atom is 0.416 e. The average Bonchev–Trinajstić information content (AvgIpc) is 3.67. The first-order valence-corrected chi connectivity index (χ1v) is 26.9. The Bertz CT molecular complexity index is 2590. The molecule has 1 heterocycles. The van der Waals surface area contributed by atoms with Crippen molar-refractivity contribution in [2.75, 3.05) is 13.2 Å². The van der Waals surface area contributed by atoms with E-state index >= 15 is 0 Å². The molecular formula is C59H61F3O8S. The summed E-state index contributed by atoms with van der Waals surface area (Å²) < 4.78 is 77.6. The summed E-state index contributed by atoms with van der Waals surface area (Å²) in [5, 5.41) is 0. The molecule has 0 amide bonds. The van der Waals surface area contributed by atoms with Gasteiger partial charge in [0.2, 0.25) is 0 Å². The van der Waals surface area contributed by atoms with Crippen LogP contribution in [0.1, 0.15) is 94.7 Å².